The summed E-state index contributed by atoms with van der Waals surface area (Å²) in [6, 6.07) is 12.5. The maximum absolute atomic E-state index is 13.1. The highest BCUT2D eigenvalue weighted by atomic mass is 32.2. The third-order valence-electron chi connectivity index (χ3n) is 4.54. The molecule has 3 rings (SSSR count). The van der Waals surface area contributed by atoms with Crippen LogP contribution >= 0.6 is 23.1 Å². The van der Waals surface area contributed by atoms with Crippen molar-refractivity contribution in [3.63, 3.8) is 0 Å². The van der Waals surface area contributed by atoms with E-state index in [1.165, 1.54) is 29.5 Å². The topological polar surface area (TPSA) is 36.4 Å². The van der Waals surface area contributed by atoms with Crippen molar-refractivity contribution in [3.8, 4) is 0 Å². The van der Waals surface area contributed by atoms with Crippen molar-refractivity contribution in [1.82, 2.24) is 9.88 Å². The molecule has 0 saturated carbocycles. The van der Waals surface area contributed by atoms with Crippen LogP contribution in [0.1, 0.15) is 18.9 Å². The van der Waals surface area contributed by atoms with Crippen LogP contribution in [-0.4, -0.2) is 48.7 Å². The van der Waals surface area contributed by atoms with Gasteiger partial charge in [0.05, 0.1) is 16.0 Å². The average Bonchev–Trinajstić information content (AvgIpc) is 3.13. The van der Waals surface area contributed by atoms with E-state index in [0.717, 1.165) is 39.6 Å². The zero-order valence-corrected chi connectivity index (χ0v) is 18.7. The number of carbonyl (C=O) groups is 1. The predicted molar refractivity (Wildman–Crippen MR) is 122 cm³/mol. The zero-order valence-electron chi connectivity index (χ0n) is 17.0. The van der Waals surface area contributed by atoms with E-state index in [-0.39, 0.29) is 11.7 Å². The Morgan fingerprint density at radius 2 is 1.90 bits per heavy atom. The fourth-order valence-electron chi connectivity index (χ4n) is 2.92. The van der Waals surface area contributed by atoms with Crippen LogP contribution < -0.4 is 4.90 Å². The number of aromatic nitrogens is 1. The molecule has 0 bridgehead atoms. The maximum Gasteiger partial charge on any atom is 0.239 e. The number of anilines is 1. The van der Waals surface area contributed by atoms with Crippen LogP contribution in [0.15, 0.2) is 47.4 Å². The molecule has 0 spiro atoms. The minimum Gasteiger partial charge on any atom is -0.309 e. The normalized spacial score (nSPS) is 11.3. The number of thioether (sulfide) groups is 1. The number of aryl methyl sites for hydroxylation is 1. The van der Waals surface area contributed by atoms with Gasteiger partial charge in [0.2, 0.25) is 5.91 Å². The summed E-state index contributed by atoms with van der Waals surface area (Å²) in [5, 5.41) is 0.747. The first-order valence-corrected chi connectivity index (χ1v) is 11.5. The summed E-state index contributed by atoms with van der Waals surface area (Å²) in [6.07, 6.45) is 1.85. The highest BCUT2D eigenvalue weighted by molar-refractivity contribution is 8.00. The lowest BCUT2D eigenvalue weighted by Crippen LogP contribution is -2.34. The molecule has 2 aromatic carbocycles. The monoisotopic (exact) mass is 431 g/mol. The molecule has 3 aromatic rings. The first-order chi connectivity index (χ1) is 14.0. The van der Waals surface area contributed by atoms with Crippen molar-refractivity contribution in [2.24, 2.45) is 0 Å². The van der Waals surface area contributed by atoms with E-state index in [4.69, 9.17) is 4.98 Å². The number of hydrogen-bond donors (Lipinski definition) is 0. The maximum atomic E-state index is 13.1. The molecular weight excluding hydrogens is 405 g/mol. The summed E-state index contributed by atoms with van der Waals surface area (Å²) in [6.45, 7) is 3.66. The first kappa shape index (κ1) is 21.7. The van der Waals surface area contributed by atoms with Gasteiger partial charge in [-0.1, -0.05) is 24.3 Å². The second-order valence-electron chi connectivity index (χ2n) is 7.10. The third-order valence-corrected chi connectivity index (χ3v) is 6.58. The number of hydrogen-bond acceptors (Lipinski definition) is 5. The zero-order chi connectivity index (χ0) is 20.8. The van der Waals surface area contributed by atoms with E-state index in [1.54, 1.807) is 28.4 Å². The summed E-state index contributed by atoms with van der Waals surface area (Å²) < 4.78 is 14.2. The standard InChI is InChI=1S/C22H26FN3OS2/c1-4-16-6-11-19-20(14-16)29-22(24-19)26(13-5-12-25(2)3)21(27)15-28-18-9-7-17(23)8-10-18/h6-11,14H,4-5,12-13,15H2,1-3H3. The number of benzene rings is 2. The van der Waals surface area contributed by atoms with Crippen molar-refractivity contribution < 1.29 is 9.18 Å². The van der Waals surface area contributed by atoms with Crippen molar-refractivity contribution >= 4 is 44.4 Å². The molecular formula is C22H26FN3OS2. The van der Waals surface area contributed by atoms with Crippen LogP contribution in [-0.2, 0) is 11.2 Å². The van der Waals surface area contributed by atoms with Gasteiger partial charge >= 0.3 is 0 Å². The van der Waals surface area contributed by atoms with Gasteiger partial charge in [-0.05, 0) is 75.4 Å². The fraction of sp³-hybridized carbons (Fsp3) is 0.364. The summed E-state index contributed by atoms with van der Waals surface area (Å²) in [7, 11) is 4.06. The molecule has 0 fully saturated rings. The number of amides is 1. The minimum absolute atomic E-state index is 0.0212. The molecule has 1 aromatic heterocycles. The molecule has 0 atom stereocenters. The van der Waals surface area contributed by atoms with Gasteiger partial charge in [0.25, 0.3) is 0 Å². The Morgan fingerprint density at radius 3 is 2.59 bits per heavy atom. The molecule has 1 heterocycles. The smallest absolute Gasteiger partial charge is 0.239 e. The molecule has 4 nitrogen and oxygen atoms in total. The van der Waals surface area contributed by atoms with E-state index in [1.807, 2.05) is 20.2 Å². The third kappa shape index (κ3) is 6.01. The number of fused-ring (bicyclic) bond motifs is 1. The van der Waals surface area contributed by atoms with Crippen LogP contribution in [0.3, 0.4) is 0 Å². The van der Waals surface area contributed by atoms with Gasteiger partial charge in [0.15, 0.2) is 5.13 Å². The Hall–Kier alpha value is -1.96. The van der Waals surface area contributed by atoms with Gasteiger partial charge < -0.3 is 4.90 Å². The average molecular weight is 432 g/mol. The Kier molecular flexibility index (Phi) is 7.64. The molecule has 7 heteroatoms. The van der Waals surface area contributed by atoms with E-state index >= 15 is 0 Å². The number of carbonyl (C=O) groups excluding carboxylic acids is 1. The molecule has 0 aliphatic rings. The summed E-state index contributed by atoms with van der Waals surface area (Å²) in [4.78, 5) is 22.6. The van der Waals surface area contributed by atoms with Gasteiger partial charge in [-0.15, -0.1) is 11.8 Å². The Morgan fingerprint density at radius 1 is 1.14 bits per heavy atom. The number of nitrogens with zero attached hydrogens (tertiary/aromatic N) is 3. The second-order valence-corrected chi connectivity index (χ2v) is 9.15. The van der Waals surface area contributed by atoms with E-state index < -0.39 is 0 Å². The van der Waals surface area contributed by atoms with Crippen LogP contribution in [0.25, 0.3) is 10.2 Å². The molecule has 29 heavy (non-hydrogen) atoms. The first-order valence-electron chi connectivity index (χ1n) is 9.69. The Balaban J connectivity index is 1.77. The van der Waals surface area contributed by atoms with E-state index in [0.29, 0.717) is 12.3 Å². The van der Waals surface area contributed by atoms with Gasteiger partial charge in [-0.3, -0.25) is 9.69 Å². The summed E-state index contributed by atoms with van der Waals surface area (Å²) in [5.41, 5.74) is 2.20. The van der Waals surface area contributed by atoms with Gasteiger partial charge in [-0.25, -0.2) is 9.37 Å². The minimum atomic E-state index is -0.271. The largest absolute Gasteiger partial charge is 0.309 e. The van der Waals surface area contributed by atoms with Gasteiger partial charge in [0, 0.05) is 11.4 Å². The van der Waals surface area contributed by atoms with Crippen molar-refractivity contribution in [2.45, 2.75) is 24.7 Å². The van der Waals surface area contributed by atoms with Crippen LogP contribution in [0.5, 0.6) is 0 Å². The van der Waals surface area contributed by atoms with Gasteiger partial charge in [0.1, 0.15) is 5.82 Å². The molecule has 154 valence electrons. The SMILES string of the molecule is CCc1ccc2nc(N(CCCN(C)C)C(=O)CSc3ccc(F)cc3)sc2c1. The van der Waals surface area contributed by atoms with Crippen molar-refractivity contribution in [1.29, 1.82) is 0 Å². The van der Waals surface area contributed by atoms with E-state index in [9.17, 15) is 9.18 Å². The van der Waals surface area contributed by atoms with Crippen LogP contribution in [0, 0.1) is 5.82 Å². The molecule has 0 aliphatic heterocycles. The van der Waals surface area contributed by atoms with Crippen molar-refractivity contribution in [3.05, 3.63) is 53.8 Å². The van der Waals surface area contributed by atoms with E-state index in [2.05, 4.69) is 24.0 Å². The molecule has 0 unspecified atom stereocenters. The number of thiazole rings is 1. The van der Waals surface area contributed by atoms with Crippen LogP contribution in [0.4, 0.5) is 9.52 Å². The molecule has 0 aliphatic carbocycles. The second kappa shape index (κ2) is 10.2. The lowest BCUT2D eigenvalue weighted by molar-refractivity contribution is -0.116. The summed E-state index contributed by atoms with van der Waals surface area (Å²) >= 11 is 2.99. The highest BCUT2D eigenvalue weighted by Gasteiger charge is 2.20. The van der Waals surface area contributed by atoms with Crippen LogP contribution in [0.2, 0.25) is 0 Å². The molecule has 0 radical (unpaired) electrons. The van der Waals surface area contributed by atoms with Gasteiger partial charge in [-0.2, -0.15) is 0 Å². The molecule has 0 saturated heterocycles. The quantitative estimate of drug-likeness (QED) is 0.443. The number of rotatable bonds is 9. The summed E-state index contributed by atoms with van der Waals surface area (Å²) in [5.74, 6) is 0.0452. The highest BCUT2D eigenvalue weighted by Crippen LogP contribution is 2.31. The Labute approximate surface area is 179 Å². The van der Waals surface area contributed by atoms with Crippen molar-refractivity contribution in [2.75, 3.05) is 37.8 Å². The molecule has 1 amide bonds. The predicted octanol–water partition coefficient (Wildman–Crippen LogP) is 5.07. The fourth-order valence-corrected chi connectivity index (χ4v) is 4.77. The lowest BCUT2D eigenvalue weighted by Gasteiger charge is -2.21. The molecule has 0 N–H and O–H groups in total. The Bertz CT molecular complexity index is 956. The lowest BCUT2D eigenvalue weighted by atomic mass is 10.2. The number of halogens is 1.